The number of pyridine rings is 1. The summed E-state index contributed by atoms with van der Waals surface area (Å²) in [5, 5.41) is 0.834. The summed E-state index contributed by atoms with van der Waals surface area (Å²) < 4.78 is 0. The molecule has 0 spiro atoms. The van der Waals surface area contributed by atoms with Crippen LogP contribution in [-0.2, 0) is 17.8 Å². The molecule has 2 aromatic rings. The van der Waals surface area contributed by atoms with E-state index < -0.39 is 0 Å². The molecule has 1 amide bonds. The molecule has 5 nitrogen and oxygen atoms in total. The predicted molar refractivity (Wildman–Crippen MR) is 96.5 cm³/mol. The Morgan fingerprint density at radius 1 is 1.44 bits per heavy atom. The van der Waals surface area contributed by atoms with Crippen LogP contribution in [0.5, 0.6) is 0 Å². The van der Waals surface area contributed by atoms with Gasteiger partial charge in [0.2, 0.25) is 0 Å². The average Bonchev–Trinajstić information content (AvgIpc) is 3.28. The highest BCUT2D eigenvalue weighted by Gasteiger charge is 2.39. The summed E-state index contributed by atoms with van der Waals surface area (Å²) in [7, 11) is 0. The van der Waals surface area contributed by atoms with Gasteiger partial charge in [-0.25, -0.2) is 4.98 Å². The van der Waals surface area contributed by atoms with E-state index in [0.717, 1.165) is 26.7 Å². The van der Waals surface area contributed by atoms with Gasteiger partial charge in [0.1, 0.15) is 16.5 Å². The molecule has 130 valence electrons. The molecule has 1 fully saturated rings. The molecule has 0 aromatic carbocycles. The van der Waals surface area contributed by atoms with Crippen LogP contribution in [0.1, 0.15) is 53.4 Å². The average molecular weight is 355 g/mol. The molecule has 0 radical (unpaired) electrons. The Morgan fingerprint density at radius 2 is 2.20 bits per heavy atom. The summed E-state index contributed by atoms with van der Waals surface area (Å²) >= 11 is 1.54. The zero-order valence-electron chi connectivity index (χ0n) is 14.7. The molecule has 0 unspecified atom stereocenters. The number of hydrogen-bond donors (Lipinski definition) is 0. The Hall–Kier alpha value is -2.08. The van der Waals surface area contributed by atoms with Crippen molar-refractivity contribution in [2.75, 3.05) is 0 Å². The standard InChI is InChI=1S/C19H21N3O2S/c1-10(23)6-16-21-11(2)18(25-16)14-7-15-9-22(12(3)13-4-5-13)19(24)17(15)20-8-14/h7-8,12-13H,4-6,9H2,1-3H3/t12-/m0/s1. The van der Waals surface area contributed by atoms with Gasteiger partial charge in [-0.15, -0.1) is 11.3 Å². The normalized spacial score (nSPS) is 17.7. The zero-order valence-corrected chi connectivity index (χ0v) is 15.5. The molecule has 3 heterocycles. The van der Waals surface area contributed by atoms with E-state index in [9.17, 15) is 9.59 Å². The van der Waals surface area contributed by atoms with Crippen LogP contribution < -0.4 is 0 Å². The van der Waals surface area contributed by atoms with Crippen molar-refractivity contribution in [3.63, 3.8) is 0 Å². The number of aryl methyl sites for hydroxylation is 1. The fourth-order valence-corrected chi connectivity index (χ4v) is 4.63. The first kappa shape index (κ1) is 16.4. The largest absolute Gasteiger partial charge is 0.330 e. The maximum Gasteiger partial charge on any atom is 0.273 e. The first-order chi connectivity index (χ1) is 11.9. The second-order valence-electron chi connectivity index (χ2n) is 7.14. The highest BCUT2D eigenvalue weighted by molar-refractivity contribution is 7.15. The molecule has 1 aliphatic heterocycles. The SMILES string of the molecule is CC(=O)Cc1nc(C)c(-c2cnc3c(c2)CN([C@@H](C)C2CC2)C3=O)s1. The smallest absolute Gasteiger partial charge is 0.273 e. The molecule has 0 saturated heterocycles. The van der Waals surface area contributed by atoms with E-state index in [1.807, 2.05) is 11.8 Å². The molecule has 1 aliphatic carbocycles. The van der Waals surface area contributed by atoms with Crippen LogP contribution in [0.25, 0.3) is 10.4 Å². The number of hydrogen-bond acceptors (Lipinski definition) is 5. The first-order valence-electron chi connectivity index (χ1n) is 8.70. The quantitative estimate of drug-likeness (QED) is 0.825. The highest BCUT2D eigenvalue weighted by Crippen LogP contribution is 2.39. The lowest BCUT2D eigenvalue weighted by atomic mass is 10.1. The van der Waals surface area contributed by atoms with Crippen molar-refractivity contribution >= 4 is 23.0 Å². The Balaban J connectivity index is 1.63. The van der Waals surface area contributed by atoms with E-state index in [1.165, 1.54) is 24.2 Å². The van der Waals surface area contributed by atoms with Gasteiger partial charge < -0.3 is 4.90 Å². The number of thiazole rings is 1. The van der Waals surface area contributed by atoms with Crippen molar-refractivity contribution in [1.29, 1.82) is 0 Å². The summed E-state index contributed by atoms with van der Waals surface area (Å²) in [5.41, 5.74) is 3.48. The minimum atomic E-state index is 0.0549. The minimum absolute atomic E-state index is 0.0549. The van der Waals surface area contributed by atoms with Gasteiger partial charge in [-0.05, 0) is 45.6 Å². The van der Waals surface area contributed by atoms with Gasteiger partial charge in [0.25, 0.3) is 5.91 Å². The van der Waals surface area contributed by atoms with Crippen molar-refractivity contribution < 1.29 is 9.59 Å². The van der Waals surface area contributed by atoms with Gasteiger partial charge >= 0.3 is 0 Å². The second kappa shape index (κ2) is 6.02. The van der Waals surface area contributed by atoms with Crippen molar-refractivity contribution in [1.82, 2.24) is 14.9 Å². The van der Waals surface area contributed by atoms with E-state index in [1.54, 1.807) is 13.1 Å². The Morgan fingerprint density at radius 3 is 2.88 bits per heavy atom. The predicted octanol–water partition coefficient (Wildman–Crippen LogP) is 3.40. The molecule has 2 aliphatic rings. The fraction of sp³-hybridized carbons (Fsp3) is 0.474. The third kappa shape index (κ3) is 2.99. The van der Waals surface area contributed by atoms with Gasteiger partial charge in [-0.2, -0.15) is 0 Å². The van der Waals surface area contributed by atoms with Gasteiger partial charge in [-0.3, -0.25) is 14.6 Å². The maximum atomic E-state index is 12.6. The van der Waals surface area contributed by atoms with Crippen molar-refractivity contribution in [2.24, 2.45) is 5.92 Å². The van der Waals surface area contributed by atoms with Crippen LogP contribution in [0.2, 0.25) is 0 Å². The summed E-state index contributed by atoms with van der Waals surface area (Å²) in [6, 6.07) is 2.36. The second-order valence-corrected chi connectivity index (χ2v) is 8.23. The summed E-state index contributed by atoms with van der Waals surface area (Å²) in [6.07, 6.45) is 4.58. The lowest BCUT2D eigenvalue weighted by Crippen LogP contribution is -2.34. The molecule has 2 aromatic heterocycles. The molecule has 0 bridgehead atoms. The van der Waals surface area contributed by atoms with Gasteiger partial charge in [0.05, 0.1) is 17.0 Å². The number of carbonyl (C=O) groups is 2. The number of Topliss-reactive ketones (excluding diaryl/α,β-unsaturated/α-hetero) is 1. The third-order valence-electron chi connectivity index (χ3n) is 5.07. The molecule has 1 saturated carbocycles. The molecule has 4 rings (SSSR count). The fourth-order valence-electron chi connectivity index (χ4n) is 3.51. The number of ketones is 1. The van der Waals surface area contributed by atoms with Crippen LogP contribution >= 0.6 is 11.3 Å². The van der Waals surface area contributed by atoms with Gasteiger partial charge in [-0.1, -0.05) is 0 Å². The van der Waals surface area contributed by atoms with Gasteiger partial charge in [0.15, 0.2) is 0 Å². The molecule has 0 N–H and O–H groups in total. The van der Waals surface area contributed by atoms with Crippen molar-refractivity contribution in [3.05, 3.63) is 34.2 Å². The molecule has 6 heteroatoms. The number of fused-ring (bicyclic) bond motifs is 1. The van der Waals surface area contributed by atoms with Crippen LogP contribution in [0.4, 0.5) is 0 Å². The van der Waals surface area contributed by atoms with E-state index in [-0.39, 0.29) is 17.7 Å². The van der Waals surface area contributed by atoms with Crippen LogP contribution in [0, 0.1) is 12.8 Å². The lowest BCUT2D eigenvalue weighted by Gasteiger charge is -2.23. The Bertz CT molecular complexity index is 870. The van der Waals surface area contributed by atoms with E-state index in [4.69, 9.17) is 0 Å². The van der Waals surface area contributed by atoms with Gasteiger partial charge in [0, 0.05) is 29.9 Å². The van der Waals surface area contributed by atoms with E-state index in [2.05, 4.69) is 23.0 Å². The Labute approximate surface area is 151 Å². The lowest BCUT2D eigenvalue weighted by molar-refractivity contribution is -0.116. The first-order valence-corrected chi connectivity index (χ1v) is 9.51. The van der Waals surface area contributed by atoms with Crippen molar-refractivity contribution in [3.8, 4) is 10.4 Å². The molecular weight excluding hydrogens is 334 g/mol. The molecule has 25 heavy (non-hydrogen) atoms. The van der Waals surface area contributed by atoms with Crippen LogP contribution in [0.15, 0.2) is 12.3 Å². The topological polar surface area (TPSA) is 63.2 Å². The summed E-state index contributed by atoms with van der Waals surface area (Å²) in [6.45, 7) is 6.32. The summed E-state index contributed by atoms with van der Waals surface area (Å²) in [5.74, 6) is 0.817. The van der Waals surface area contributed by atoms with Crippen LogP contribution in [-0.4, -0.2) is 32.6 Å². The van der Waals surface area contributed by atoms with E-state index in [0.29, 0.717) is 24.6 Å². The monoisotopic (exact) mass is 355 g/mol. The van der Waals surface area contributed by atoms with Crippen LogP contribution in [0.3, 0.4) is 0 Å². The highest BCUT2D eigenvalue weighted by atomic mass is 32.1. The number of nitrogens with zero attached hydrogens (tertiary/aromatic N) is 3. The third-order valence-corrected chi connectivity index (χ3v) is 6.28. The van der Waals surface area contributed by atoms with E-state index >= 15 is 0 Å². The minimum Gasteiger partial charge on any atom is -0.330 e. The molecular formula is C19H21N3O2S. The van der Waals surface area contributed by atoms with Crippen molar-refractivity contribution in [2.45, 2.75) is 52.6 Å². The summed E-state index contributed by atoms with van der Waals surface area (Å²) in [4.78, 5) is 35.9. The molecule has 1 atom stereocenters. The maximum absolute atomic E-state index is 12.6. The Kier molecular flexibility index (Phi) is 3.95. The number of aromatic nitrogens is 2. The zero-order chi connectivity index (χ0) is 17.7. The number of carbonyl (C=O) groups excluding carboxylic acids is 2. The number of rotatable bonds is 5. The number of amides is 1.